The van der Waals surface area contributed by atoms with Crippen LogP contribution < -0.4 is 10.2 Å². The molecule has 7 rings (SSSR count). The lowest BCUT2D eigenvalue weighted by molar-refractivity contribution is 0.0291. The van der Waals surface area contributed by atoms with Crippen molar-refractivity contribution < 1.29 is 11.3 Å². The smallest absolute Gasteiger partial charge is 0.127 e. The molecule has 2 bridgehead atoms. The predicted octanol–water partition coefficient (Wildman–Crippen LogP) is 8.53. The first-order chi connectivity index (χ1) is 24.2. The highest BCUT2D eigenvalue weighted by Gasteiger charge is 2.40. The zero-order chi connectivity index (χ0) is 35.1. The van der Waals surface area contributed by atoms with E-state index in [0.29, 0.717) is 5.75 Å². The number of H-pyrrole nitrogens is 1. The van der Waals surface area contributed by atoms with E-state index in [9.17, 15) is 5.11 Å². The Morgan fingerprint density at radius 3 is 2.20 bits per heavy atom. The molecule has 0 saturated carbocycles. The minimum absolute atomic E-state index is 0. The number of aromatic nitrogens is 2. The van der Waals surface area contributed by atoms with E-state index >= 15 is 0 Å². The molecule has 3 aromatic carbocycles. The number of hydrogen-bond acceptors (Lipinski definition) is 7. The van der Waals surface area contributed by atoms with Crippen LogP contribution >= 0.6 is 0 Å². The Hall–Kier alpha value is -4.27. The maximum absolute atomic E-state index is 9.65. The molecule has 4 heterocycles. The number of fused-ring (bicyclic) bond motifs is 3. The number of aromatic amines is 1. The maximum atomic E-state index is 9.65. The SMILES string of the molecule is C=C(/C(NN(C)C)=C(/C)Oc1ccc(O)cc1)N1CCC(CCN2C3CCCC2CCC3)(c2ccccc2)CC1.Cc1nc2ccccc2[nH]1.[HH]. The van der Waals surface area contributed by atoms with E-state index in [-0.39, 0.29) is 12.6 Å². The van der Waals surface area contributed by atoms with Crippen LogP contribution in [0.2, 0.25) is 0 Å². The summed E-state index contributed by atoms with van der Waals surface area (Å²) in [5.41, 5.74) is 9.12. The average Bonchev–Trinajstić information content (AvgIpc) is 3.51. The molecule has 0 amide bonds. The number of benzene rings is 3. The first-order valence-electron chi connectivity index (χ1n) is 18.5. The van der Waals surface area contributed by atoms with Crippen LogP contribution in [0, 0.1) is 6.92 Å². The number of allylic oxidation sites excluding steroid dienone is 1. The van der Waals surface area contributed by atoms with E-state index in [1.165, 1.54) is 57.1 Å². The van der Waals surface area contributed by atoms with Crippen LogP contribution in [0.4, 0.5) is 0 Å². The zero-order valence-corrected chi connectivity index (χ0v) is 30.5. The van der Waals surface area contributed by atoms with Gasteiger partial charge in [0.15, 0.2) is 0 Å². The van der Waals surface area contributed by atoms with Crippen LogP contribution in [0.15, 0.2) is 103 Å². The molecular formula is C42H58N6O2. The summed E-state index contributed by atoms with van der Waals surface area (Å²) in [6.07, 6.45) is 11.9. The number of hydrogen-bond donors (Lipinski definition) is 3. The van der Waals surface area contributed by atoms with Crippen LogP contribution in [0.3, 0.4) is 0 Å². The number of hydrazine groups is 1. The summed E-state index contributed by atoms with van der Waals surface area (Å²) in [4.78, 5) is 12.7. The fourth-order valence-corrected chi connectivity index (χ4v) is 8.37. The van der Waals surface area contributed by atoms with Crippen LogP contribution in [0.25, 0.3) is 11.0 Å². The second-order valence-electron chi connectivity index (χ2n) is 14.6. The molecule has 3 aliphatic rings. The van der Waals surface area contributed by atoms with Crippen molar-refractivity contribution in [3.8, 4) is 11.5 Å². The number of ether oxygens (including phenoxy) is 1. The van der Waals surface area contributed by atoms with Crippen molar-refractivity contribution in [2.24, 2.45) is 0 Å². The van der Waals surface area contributed by atoms with E-state index in [1.807, 2.05) is 57.2 Å². The molecule has 3 fully saturated rings. The third-order valence-corrected chi connectivity index (χ3v) is 11.0. The summed E-state index contributed by atoms with van der Waals surface area (Å²) < 4.78 is 6.18. The standard InChI is InChI=1S/C34H48N4O2.C8H8N2.H2/c1-26(33(35-36(3)4)27(2)40-32-18-16-31(39)17-19-32)37-23-20-34(21-24-37,28-10-6-5-7-11-28)22-25-38-29-12-8-13-30(38)15-9-14-29;1-6-9-7-4-2-3-5-8(7)10-6;/h5-7,10-11,16-19,29-30,35,39H,1,8-9,12-15,20-25H2,2-4H3;2-5H,1H3,(H,9,10);1H/b33-27+;;. The van der Waals surface area contributed by atoms with Gasteiger partial charge >= 0.3 is 0 Å². The van der Waals surface area contributed by atoms with Gasteiger partial charge in [-0.2, -0.15) is 0 Å². The summed E-state index contributed by atoms with van der Waals surface area (Å²) in [7, 11) is 3.96. The zero-order valence-electron chi connectivity index (χ0n) is 30.5. The number of nitrogens with zero attached hydrogens (tertiary/aromatic N) is 4. The number of rotatable bonds is 10. The quantitative estimate of drug-likeness (QED) is 0.0882. The van der Waals surface area contributed by atoms with Gasteiger partial charge in [0.25, 0.3) is 0 Å². The number of nitrogens with one attached hydrogen (secondary N) is 2. The summed E-state index contributed by atoms with van der Waals surface area (Å²) >= 11 is 0. The van der Waals surface area contributed by atoms with E-state index < -0.39 is 0 Å². The summed E-state index contributed by atoms with van der Waals surface area (Å²) in [6.45, 7) is 11.6. The fraction of sp³-hybridized carbons (Fsp3) is 0.452. The Bertz CT molecular complexity index is 1670. The van der Waals surface area contributed by atoms with Gasteiger partial charge in [0.1, 0.15) is 28.8 Å². The normalized spacial score (nSPS) is 20.9. The van der Waals surface area contributed by atoms with E-state index in [0.717, 1.165) is 72.0 Å². The lowest BCUT2D eigenvalue weighted by atomic mass is 9.70. The summed E-state index contributed by atoms with van der Waals surface area (Å²) in [5.74, 6) is 2.64. The number of phenolic OH excluding ortho intramolecular Hbond substituents is 1. The molecule has 3 aliphatic heterocycles. The Morgan fingerprint density at radius 1 is 0.960 bits per heavy atom. The van der Waals surface area contributed by atoms with Crippen molar-refractivity contribution in [3.05, 3.63) is 114 Å². The van der Waals surface area contributed by atoms with Crippen LogP contribution in [-0.4, -0.2) is 75.7 Å². The lowest BCUT2D eigenvalue weighted by Crippen LogP contribution is -2.52. The molecule has 8 nitrogen and oxygen atoms in total. The van der Waals surface area contributed by atoms with Gasteiger partial charge in [0.2, 0.25) is 0 Å². The molecule has 0 radical (unpaired) electrons. The molecule has 268 valence electrons. The minimum Gasteiger partial charge on any atom is -0.508 e. The number of phenols is 1. The Morgan fingerprint density at radius 2 is 1.58 bits per heavy atom. The van der Waals surface area contributed by atoms with Crippen molar-refractivity contribution in [1.29, 1.82) is 0 Å². The van der Waals surface area contributed by atoms with Crippen LogP contribution in [-0.2, 0) is 5.41 Å². The highest BCUT2D eigenvalue weighted by atomic mass is 16.5. The van der Waals surface area contributed by atoms with E-state index in [1.54, 1.807) is 24.3 Å². The fourth-order valence-electron chi connectivity index (χ4n) is 8.37. The third-order valence-electron chi connectivity index (χ3n) is 11.0. The number of piperidine rings is 3. The van der Waals surface area contributed by atoms with Gasteiger partial charge in [-0.3, -0.25) is 4.90 Å². The number of aryl methyl sites for hydroxylation is 1. The first-order valence-corrected chi connectivity index (χ1v) is 18.5. The van der Waals surface area contributed by atoms with E-state index in [2.05, 4.69) is 62.1 Å². The Labute approximate surface area is 300 Å². The van der Waals surface area contributed by atoms with Crippen molar-refractivity contribution >= 4 is 11.0 Å². The largest absolute Gasteiger partial charge is 0.508 e. The second-order valence-corrected chi connectivity index (χ2v) is 14.6. The first kappa shape index (κ1) is 35.6. The highest BCUT2D eigenvalue weighted by Crippen LogP contribution is 2.42. The lowest BCUT2D eigenvalue weighted by Gasteiger charge is -2.49. The van der Waals surface area contributed by atoms with Crippen LogP contribution in [0.1, 0.15) is 77.5 Å². The van der Waals surface area contributed by atoms with Gasteiger partial charge in [0, 0.05) is 40.7 Å². The van der Waals surface area contributed by atoms with Crippen LogP contribution in [0.5, 0.6) is 11.5 Å². The molecule has 0 unspecified atom stereocenters. The monoisotopic (exact) mass is 678 g/mol. The Balaban J connectivity index is 0.000000391. The summed E-state index contributed by atoms with van der Waals surface area (Å²) in [5, 5.41) is 11.6. The van der Waals surface area contributed by atoms with Gasteiger partial charge in [-0.25, -0.2) is 9.99 Å². The van der Waals surface area contributed by atoms with Gasteiger partial charge < -0.3 is 25.2 Å². The second kappa shape index (κ2) is 16.2. The molecular weight excluding hydrogens is 621 g/mol. The topological polar surface area (TPSA) is 79.9 Å². The Kier molecular flexibility index (Phi) is 11.5. The average molecular weight is 679 g/mol. The van der Waals surface area contributed by atoms with Gasteiger partial charge in [0.05, 0.1) is 16.7 Å². The van der Waals surface area contributed by atoms with Gasteiger partial charge in [-0.05, 0) is 113 Å². The number of para-hydroxylation sites is 2. The molecule has 50 heavy (non-hydrogen) atoms. The van der Waals surface area contributed by atoms with Gasteiger partial charge in [-0.15, -0.1) is 0 Å². The van der Waals surface area contributed by atoms with Crippen molar-refractivity contribution in [1.82, 2.24) is 30.2 Å². The third kappa shape index (κ3) is 8.53. The predicted molar refractivity (Wildman–Crippen MR) is 206 cm³/mol. The number of aromatic hydroxyl groups is 1. The molecule has 0 aliphatic carbocycles. The molecule has 8 heteroatoms. The maximum Gasteiger partial charge on any atom is 0.127 e. The van der Waals surface area contributed by atoms with Crippen molar-refractivity contribution in [2.45, 2.75) is 89.1 Å². The van der Waals surface area contributed by atoms with Gasteiger partial charge in [-0.1, -0.05) is 61.9 Å². The molecule has 3 N–H and O–H groups in total. The molecule has 1 aromatic heterocycles. The molecule has 0 spiro atoms. The number of imidazole rings is 1. The minimum atomic E-state index is 0. The molecule has 4 aromatic rings. The van der Waals surface area contributed by atoms with Crippen molar-refractivity contribution in [2.75, 3.05) is 33.7 Å². The number of likely N-dealkylation sites (tertiary alicyclic amines) is 1. The highest BCUT2D eigenvalue weighted by molar-refractivity contribution is 5.74. The summed E-state index contributed by atoms with van der Waals surface area (Å²) in [6, 6.07) is 27.7. The van der Waals surface area contributed by atoms with Crippen molar-refractivity contribution in [3.63, 3.8) is 0 Å². The van der Waals surface area contributed by atoms with E-state index in [4.69, 9.17) is 4.74 Å². The molecule has 3 saturated heterocycles. The molecule has 0 atom stereocenters.